The molecule has 0 aromatic carbocycles. The highest BCUT2D eigenvalue weighted by molar-refractivity contribution is 5.92. The van der Waals surface area contributed by atoms with Crippen LogP contribution >= 0.6 is 0 Å². The standard InChI is InChI=1S/C12H18N4O/c1-3-4-16(10-6-13-7-10)12(17)11-8-14-9(2)5-15-11/h5,8,10,13H,3-4,6-7H2,1-2H3. The minimum atomic E-state index is -0.00847. The molecule has 2 rings (SSSR count). The zero-order valence-corrected chi connectivity index (χ0v) is 10.3. The summed E-state index contributed by atoms with van der Waals surface area (Å²) in [6, 6.07) is 0.311. The van der Waals surface area contributed by atoms with E-state index in [1.165, 1.54) is 0 Å². The van der Waals surface area contributed by atoms with E-state index in [2.05, 4.69) is 22.2 Å². The second-order valence-electron chi connectivity index (χ2n) is 4.35. The Morgan fingerprint density at radius 3 is 2.71 bits per heavy atom. The van der Waals surface area contributed by atoms with E-state index in [1.54, 1.807) is 12.4 Å². The molecule has 2 heterocycles. The number of hydrogen-bond donors (Lipinski definition) is 1. The fraction of sp³-hybridized carbons (Fsp3) is 0.583. The highest BCUT2D eigenvalue weighted by Gasteiger charge is 2.29. The van der Waals surface area contributed by atoms with Crippen molar-refractivity contribution in [2.75, 3.05) is 19.6 Å². The van der Waals surface area contributed by atoms with Gasteiger partial charge in [0.25, 0.3) is 5.91 Å². The van der Waals surface area contributed by atoms with Gasteiger partial charge in [-0.05, 0) is 13.3 Å². The number of carbonyl (C=O) groups excluding carboxylic acids is 1. The molecule has 92 valence electrons. The Kier molecular flexibility index (Phi) is 3.68. The van der Waals surface area contributed by atoms with Crippen molar-refractivity contribution in [1.82, 2.24) is 20.2 Å². The van der Waals surface area contributed by atoms with E-state index in [4.69, 9.17) is 0 Å². The summed E-state index contributed by atoms with van der Waals surface area (Å²) in [5.41, 5.74) is 1.27. The molecule has 1 amide bonds. The van der Waals surface area contributed by atoms with Crippen molar-refractivity contribution in [3.63, 3.8) is 0 Å². The third-order valence-electron chi connectivity index (χ3n) is 2.93. The van der Waals surface area contributed by atoms with Crippen LogP contribution in [-0.4, -0.2) is 46.5 Å². The lowest BCUT2D eigenvalue weighted by molar-refractivity contribution is 0.0609. The topological polar surface area (TPSA) is 58.1 Å². The molecule has 0 unspecified atom stereocenters. The van der Waals surface area contributed by atoms with Gasteiger partial charge in [0.05, 0.1) is 17.9 Å². The van der Waals surface area contributed by atoms with Crippen molar-refractivity contribution in [3.05, 3.63) is 23.8 Å². The van der Waals surface area contributed by atoms with Gasteiger partial charge < -0.3 is 10.2 Å². The second kappa shape index (κ2) is 5.23. The van der Waals surface area contributed by atoms with Crippen LogP contribution in [0, 0.1) is 6.92 Å². The van der Waals surface area contributed by atoms with Crippen LogP contribution in [0.3, 0.4) is 0 Å². The molecule has 1 aliphatic rings. The first kappa shape index (κ1) is 12.0. The number of amides is 1. The van der Waals surface area contributed by atoms with E-state index in [0.29, 0.717) is 11.7 Å². The lowest BCUT2D eigenvalue weighted by Gasteiger charge is -2.37. The lowest BCUT2D eigenvalue weighted by Crippen LogP contribution is -2.59. The van der Waals surface area contributed by atoms with Crippen molar-refractivity contribution in [2.45, 2.75) is 26.3 Å². The molecule has 0 radical (unpaired) electrons. The average Bonchev–Trinajstić information content (AvgIpc) is 2.26. The van der Waals surface area contributed by atoms with Crippen LogP contribution in [0.2, 0.25) is 0 Å². The van der Waals surface area contributed by atoms with Crippen LogP contribution < -0.4 is 5.32 Å². The van der Waals surface area contributed by atoms with E-state index in [9.17, 15) is 4.79 Å². The number of hydrogen-bond acceptors (Lipinski definition) is 4. The maximum absolute atomic E-state index is 12.3. The van der Waals surface area contributed by atoms with Crippen molar-refractivity contribution in [1.29, 1.82) is 0 Å². The summed E-state index contributed by atoms with van der Waals surface area (Å²) >= 11 is 0. The average molecular weight is 234 g/mol. The fourth-order valence-electron chi connectivity index (χ4n) is 1.83. The number of aryl methyl sites for hydroxylation is 1. The molecule has 0 saturated carbocycles. The number of nitrogens with one attached hydrogen (secondary N) is 1. The van der Waals surface area contributed by atoms with Gasteiger partial charge in [-0.15, -0.1) is 0 Å². The van der Waals surface area contributed by atoms with Crippen molar-refractivity contribution < 1.29 is 4.79 Å². The molecule has 17 heavy (non-hydrogen) atoms. The fourth-order valence-corrected chi connectivity index (χ4v) is 1.83. The highest BCUT2D eigenvalue weighted by atomic mass is 16.2. The third-order valence-corrected chi connectivity index (χ3v) is 2.93. The Hall–Kier alpha value is -1.49. The Bertz CT molecular complexity index is 386. The molecule has 1 aromatic rings. The van der Waals surface area contributed by atoms with Crippen LogP contribution in [0.5, 0.6) is 0 Å². The van der Waals surface area contributed by atoms with Gasteiger partial charge in [-0.3, -0.25) is 9.78 Å². The van der Waals surface area contributed by atoms with Gasteiger partial charge in [0.1, 0.15) is 5.69 Å². The minimum Gasteiger partial charge on any atom is -0.332 e. The van der Waals surface area contributed by atoms with E-state index in [-0.39, 0.29) is 5.91 Å². The van der Waals surface area contributed by atoms with Crippen LogP contribution in [-0.2, 0) is 0 Å². The van der Waals surface area contributed by atoms with Gasteiger partial charge in [0, 0.05) is 25.8 Å². The SMILES string of the molecule is CCCN(C(=O)c1cnc(C)cn1)C1CNC1. The summed E-state index contributed by atoms with van der Waals surface area (Å²) in [4.78, 5) is 22.4. The maximum Gasteiger partial charge on any atom is 0.274 e. The van der Waals surface area contributed by atoms with Crippen molar-refractivity contribution in [2.24, 2.45) is 0 Å². The first-order chi connectivity index (χ1) is 8.22. The Morgan fingerprint density at radius 2 is 2.24 bits per heavy atom. The third kappa shape index (κ3) is 2.61. The van der Waals surface area contributed by atoms with Crippen LogP contribution in [0.25, 0.3) is 0 Å². The largest absolute Gasteiger partial charge is 0.332 e. The molecular formula is C12H18N4O. The molecule has 0 spiro atoms. The summed E-state index contributed by atoms with van der Waals surface area (Å²) in [7, 11) is 0. The van der Waals surface area contributed by atoms with Gasteiger partial charge in [-0.2, -0.15) is 0 Å². The maximum atomic E-state index is 12.3. The summed E-state index contributed by atoms with van der Waals surface area (Å²) in [6.45, 7) is 6.48. The summed E-state index contributed by atoms with van der Waals surface area (Å²) in [6.07, 6.45) is 4.16. The molecule has 5 heteroatoms. The molecule has 1 fully saturated rings. The predicted molar refractivity (Wildman–Crippen MR) is 64.8 cm³/mol. The molecule has 1 N–H and O–H groups in total. The van der Waals surface area contributed by atoms with Gasteiger partial charge in [0.2, 0.25) is 0 Å². The predicted octanol–water partition coefficient (Wildman–Crippen LogP) is 0.609. The summed E-state index contributed by atoms with van der Waals surface area (Å²) < 4.78 is 0. The number of rotatable bonds is 4. The zero-order valence-electron chi connectivity index (χ0n) is 10.3. The molecule has 0 bridgehead atoms. The zero-order chi connectivity index (χ0) is 12.3. The van der Waals surface area contributed by atoms with E-state index < -0.39 is 0 Å². The first-order valence-corrected chi connectivity index (χ1v) is 6.02. The molecule has 0 aliphatic carbocycles. The Morgan fingerprint density at radius 1 is 1.47 bits per heavy atom. The molecule has 0 atom stereocenters. The van der Waals surface area contributed by atoms with Gasteiger partial charge in [-0.1, -0.05) is 6.92 Å². The molecular weight excluding hydrogens is 216 g/mol. The van der Waals surface area contributed by atoms with Gasteiger partial charge in [-0.25, -0.2) is 4.98 Å². The molecule has 5 nitrogen and oxygen atoms in total. The molecule has 1 aliphatic heterocycles. The van der Waals surface area contributed by atoms with Crippen molar-refractivity contribution in [3.8, 4) is 0 Å². The molecule has 1 aromatic heterocycles. The summed E-state index contributed by atoms with van der Waals surface area (Å²) in [5.74, 6) is -0.00847. The first-order valence-electron chi connectivity index (χ1n) is 6.02. The quantitative estimate of drug-likeness (QED) is 0.829. The number of carbonyl (C=O) groups is 1. The summed E-state index contributed by atoms with van der Waals surface area (Å²) in [5, 5.41) is 3.19. The van der Waals surface area contributed by atoms with Crippen LogP contribution in [0.1, 0.15) is 29.5 Å². The van der Waals surface area contributed by atoms with Crippen LogP contribution in [0.4, 0.5) is 0 Å². The molecule has 1 saturated heterocycles. The minimum absolute atomic E-state index is 0.00847. The van der Waals surface area contributed by atoms with Crippen molar-refractivity contribution >= 4 is 5.91 Å². The van der Waals surface area contributed by atoms with Gasteiger partial charge in [0.15, 0.2) is 0 Å². The Balaban J connectivity index is 2.12. The number of aromatic nitrogens is 2. The normalized spacial score (nSPS) is 15.4. The Labute approximate surface area is 101 Å². The highest BCUT2D eigenvalue weighted by Crippen LogP contribution is 2.10. The van der Waals surface area contributed by atoms with Crippen LogP contribution in [0.15, 0.2) is 12.4 Å². The second-order valence-corrected chi connectivity index (χ2v) is 4.35. The van der Waals surface area contributed by atoms with Gasteiger partial charge >= 0.3 is 0 Å². The van der Waals surface area contributed by atoms with E-state index in [1.807, 2.05) is 11.8 Å². The monoisotopic (exact) mass is 234 g/mol. The smallest absolute Gasteiger partial charge is 0.274 e. The van der Waals surface area contributed by atoms with E-state index >= 15 is 0 Å². The number of nitrogens with zero attached hydrogens (tertiary/aromatic N) is 3. The van der Waals surface area contributed by atoms with E-state index in [0.717, 1.165) is 31.7 Å². The lowest BCUT2D eigenvalue weighted by atomic mass is 10.1.